The highest BCUT2D eigenvalue weighted by atomic mass is 79.9. The number of ether oxygens (including phenoxy) is 2. The summed E-state index contributed by atoms with van der Waals surface area (Å²) in [6.07, 6.45) is 1.33. The summed E-state index contributed by atoms with van der Waals surface area (Å²) < 4.78 is 38.0. The fraction of sp³-hybridized carbons (Fsp3) is 0.0800. The molecule has 0 heterocycles. The van der Waals surface area contributed by atoms with Crippen LogP contribution < -0.4 is 20.1 Å². The molecule has 10 heteroatoms. The molecule has 0 spiro atoms. The standard InChI is InChI=1S/C25H18BrF2N3O4/c1-34-22-12-15(10-16(13-29)25(33)30-18-8-6-17(27)7-9-18)11-19(26)24(22)35-14-23(32)31-21-5-3-2-4-20(21)28/h2-12H,14H2,1H3,(H,30,33)(H,31,32)/b16-10+. The Morgan fingerprint density at radius 1 is 1.09 bits per heavy atom. The zero-order chi connectivity index (χ0) is 25.4. The number of hydrogen-bond acceptors (Lipinski definition) is 5. The Hall–Kier alpha value is -4.23. The average molecular weight is 542 g/mol. The zero-order valence-corrected chi connectivity index (χ0v) is 19.9. The van der Waals surface area contributed by atoms with Gasteiger partial charge < -0.3 is 20.1 Å². The van der Waals surface area contributed by atoms with Gasteiger partial charge in [0.15, 0.2) is 18.1 Å². The Kier molecular flexibility index (Phi) is 8.53. The summed E-state index contributed by atoms with van der Waals surface area (Å²) in [6, 6.07) is 15.7. The minimum absolute atomic E-state index is 0.0237. The molecule has 0 aliphatic rings. The van der Waals surface area contributed by atoms with E-state index in [1.807, 2.05) is 6.07 Å². The number of rotatable bonds is 8. The maximum atomic E-state index is 13.7. The van der Waals surface area contributed by atoms with Crippen LogP contribution in [0.15, 0.2) is 70.7 Å². The van der Waals surface area contributed by atoms with Gasteiger partial charge in [0.05, 0.1) is 17.3 Å². The van der Waals surface area contributed by atoms with Crippen LogP contribution in [0, 0.1) is 23.0 Å². The van der Waals surface area contributed by atoms with Gasteiger partial charge >= 0.3 is 0 Å². The molecular formula is C25H18BrF2N3O4. The first-order chi connectivity index (χ1) is 16.8. The number of benzene rings is 3. The van der Waals surface area contributed by atoms with Crippen molar-refractivity contribution < 1.29 is 27.8 Å². The lowest BCUT2D eigenvalue weighted by Gasteiger charge is -2.14. The molecule has 0 radical (unpaired) electrons. The molecule has 0 bridgehead atoms. The average Bonchev–Trinajstić information content (AvgIpc) is 2.84. The predicted molar refractivity (Wildman–Crippen MR) is 130 cm³/mol. The van der Waals surface area contributed by atoms with Crippen LogP contribution in [0.5, 0.6) is 11.5 Å². The van der Waals surface area contributed by atoms with Crippen LogP contribution in [0.2, 0.25) is 0 Å². The summed E-state index contributed by atoms with van der Waals surface area (Å²) in [5.41, 5.74) is 0.577. The van der Waals surface area contributed by atoms with Gasteiger partial charge in [0, 0.05) is 5.69 Å². The van der Waals surface area contributed by atoms with Crippen molar-refractivity contribution in [2.45, 2.75) is 0 Å². The van der Waals surface area contributed by atoms with Gasteiger partial charge in [0.25, 0.3) is 11.8 Å². The van der Waals surface area contributed by atoms with E-state index in [1.54, 1.807) is 12.1 Å². The summed E-state index contributed by atoms with van der Waals surface area (Å²) in [5.74, 6) is -1.88. The molecule has 0 saturated carbocycles. The number of anilines is 2. The van der Waals surface area contributed by atoms with Crippen LogP contribution in [0.4, 0.5) is 20.2 Å². The summed E-state index contributed by atoms with van der Waals surface area (Å²) in [5, 5.41) is 14.4. The largest absolute Gasteiger partial charge is 0.493 e. The third-order valence-corrected chi connectivity index (χ3v) is 5.11. The molecule has 0 atom stereocenters. The molecule has 0 unspecified atom stereocenters. The third-order valence-electron chi connectivity index (χ3n) is 4.53. The minimum atomic E-state index is -0.681. The van der Waals surface area contributed by atoms with Crippen LogP contribution in [-0.2, 0) is 9.59 Å². The van der Waals surface area contributed by atoms with Gasteiger partial charge in [-0.25, -0.2) is 8.78 Å². The monoisotopic (exact) mass is 541 g/mol. The molecule has 35 heavy (non-hydrogen) atoms. The van der Waals surface area contributed by atoms with E-state index < -0.39 is 30.1 Å². The molecule has 0 saturated heterocycles. The first kappa shape index (κ1) is 25.4. The van der Waals surface area contributed by atoms with E-state index in [4.69, 9.17) is 9.47 Å². The summed E-state index contributed by atoms with van der Waals surface area (Å²) in [6.45, 7) is -0.429. The number of hydrogen-bond donors (Lipinski definition) is 2. The second kappa shape index (κ2) is 11.8. The Balaban J connectivity index is 1.74. The lowest BCUT2D eigenvalue weighted by atomic mass is 10.1. The second-order valence-electron chi connectivity index (χ2n) is 6.98. The maximum absolute atomic E-state index is 13.7. The fourth-order valence-corrected chi connectivity index (χ4v) is 3.47. The Morgan fingerprint density at radius 3 is 2.46 bits per heavy atom. The van der Waals surface area contributed by atoms with Gasteiger partial charge in [-0.3, -0.25) is 9.59 Å². The zero-order valence-electron chi connectivity index (χ0n) is 18.3. The molecule has 0 aromatic heterocycles. The van der Waals surface area contributed by atoms with Gasteiger partial charge in [-0.05, 0) is 76.1 Å². The lowest BCUT2D eigenvalue weighted by molar-refractivity contribution is -0.118. The van der Waals surface area contributed by atoms with Crippen molar-refractivity contribution in [3.63, 3.8) is 0 Å². The van der Waals surface area contributed by atoms with Crippen molar-refractivity contribution in [2.24, 2.45) is 0 Å². The molecule has 0 fully saturated rings. The summed E-state index contributed by atoms with van der Waals surface area (Å²) >= 11 is 3.33. The number of halogens is 3. The molecule has 2 amide bonds. The van der Waals surface area contributed by atoms with Crippen LogP contribution in [0.25, 0.3) is 6.08 Å². The number of amides is 2. The highest BCUT2D eigenvalue weighted by molar-refractivity contribution is 9.10. The van der Waals surface area contributed by atoms with Crippen LogP contribution in [-0.4, -0.2) is 25.5 Å². The molecular weight excluding hydrogens is 524 g/mol. The minimum Gasteiger partial charge on any atom is -0.493 e. The molecule has 3 rings (SSSR count). The third kappa shape index (κ3) is 6.88. The molecule has 178 valence electrons. The Labute approximate surface area is 208 Å². The van der Waals surface area contributed by atoms with Crippen molar-refractivity contribution in [3.8, 4) is 17.6 Å². The Morgan fingerprint density at radius 2 is 1.80 bits per heavy atom. The van der Waals surface area contributed by atoms with E-state index in [0.29, 0.717) is 15.7 Å². The Bertz CT molecular complexity index is 1320. The lowest BCUT2D eigenvalue weighted by Crippen LogP contribution is -2.21. The smallest absolute Gasteiger partial charge is 0.266 e. The predicted octanol–water partition coefficient (Wildman–Crippen LogP) is 5.30. The van der Waals surface area contributed by atoms with Gasteiger partial charge in [-0.1, -0.05) is 12.1 Å². The van der Waals surface area contributed by atoms with Gasteiger partial charge in [-0.2, -0.15) is 5.26 Å². The van der Waals surface area contributed by atoms with E-state index in [2.05, 4.69) is 26.6 Å². The number of methoxy groups -OCH3 is 1. The summed E-state index contributed by atoms with van der Waals surface area (Å²) in [4.78, 5) is 24.6. The van der Waals surface area contributed by atoms with E-state index in [9.17, 15) is 23.6 Å². The van der Waals surface area contributed by atoms with Crippen LogP contribution in [0.3, 0.4) is 0 Å². The van der Waals surface area contributed by atoms with Crippen molar-refractivity contribution in [2.75, 3.05) is 24.4 Å². The molecule has 3 aromatic carbocycles. The van der Waals surface area contributed by atoms with E-state index in [0.717, 1.165) is 0 Å². The maximum Gasteiger partial charge on any atom is 0.266 e. The molecule has 0 aliphatic heterocycles. The molecule has 2 N–H and O–H groups in total. The van der Waals surface area contributed by atoms with Crippen molar-refractivity contribution in [1.82, 2.24) is 0 Å². The number of nitriles is 1. The number of nitrogens with one attached hydrogen (secondary N) is 2. The number of carbonyl (C=O) groups is 2. The quantitative estimate of drug-likeness (QED) is 0.297. The first-order valence-electron chi connectivity index (χ1n) is 10.0. The van der Waals surface area contributed by atoms with Gasteiger partial charge in [-0.15, -0.1) is 0 Å². The molecule has 3 aromatic rings. The van der Waals surface area contributed by atoms with Crippen LogP contribution >= 0.6 is 15.9 Å². The van der Waals surface area contributed by atoms with E-state index in [-0.39, 0.29) is 22.8 Å². The number of nitrogens with zero attached hydrogens (tertiary/aromatic N) is 1. The second-order valence-corrected chi connectivity index (χ2v) is 7.84. The molecule has 7 nitrogen and oxygen atoms in total. The van der Waals surface area contributed by atoms with Gasteiger partial charge in [0.2, 0.25) is 0 Å². The summed E-state index contributed by atoms with van der Waals surface area (Å²) in [7, 11) is 1.38. The van der Waals surface area contributed by atoms with Crippen molar-refractivity contribution in [1.29, 1.82) is 5.26 Å². The van der Waals surface area contributed by atoms with Crippen LogP contribution in [0.1, 0.15) is 5.56 Å². The first-order valence-corrected chi connectivity index (χ1v) is 10.8. The SMILES string of the molecule is COc1cc(/C=C(\C#N)C(=O)Nc2ccc(F)cc2)cc(Br)c1OCC(=O)Nc1ccccc1F. The van der Waals surface area contributed by atoms with Crippen molar-refractivity contribution >= 4 is 45.2 Å². The van der Waals surface area contributed by atoms with Crippen molar-refractivity contribution in [3.05, 3.63) is 87.9 Å². The fourth-order valence-electron chi connectivity index (χ4n) is 2.90. The van der Waals surface area contributed by atoms with Gasteiger partial charge in [0.1, 0.15) is 23.3 Å². The highest BCUT2D eigenvalue weighted by Gasteiger charge is 2.16. The normalized spacial score (nSPS) is 10.8. The highest BCUT2D eigenvalue weighted by Crippen LogP contribution is 2.37. The van der Waals surface area contributed by atoms with E-state index >= 15 is 0 Å². The number of carbonyl (C=O) groups excluding carboxylic acids is 2. The van der Waals surface area contributed by atoms with E-state index in [1.165, 1.54) is 61.7 Å². The number of para-hydroxylation sites is 1. The molecule has 0 aliphatic carbocycles. The topological polar surface area (TPSA) is 100 Å².